The highest BCUT2D eigenvalue weighted by Crippen LogP contribution is 2.32. The summed E-state index contributed by atoms with van der Waals surface area (Å²) < 4.78 is 27.5. The number of nitrogens with one attached hydrogen (secondary N) is 1. The molecule has 4 nitrogen and oxygen atoms in total. The molecular weight excluding hydrogens is 436 g/mol. The Hall–Kier alpha value is -1.32. The van der Waals surface area contributed by atoms with Gasteiger partial charge in [-0.05, 0) is 44.0 Å². The zero-order valence-corrected chi connectivity index (χ0v) is 13.9. The van der Waals surface area contributed by atoms with Crippen LogP contribution in [0.3, 0.4) is 0 Å². The summed E-state index contributed by atoms with van der Waals surface area (Å²) >= 11 is 7.63. The highest BCUT2D eigenvalue weighted by atomic mass is 79.9. The normalized spacial score (nSPS) is 10.5. The van der Waals surface area contributed by atoms with Crippen molar-refractivity contribution in [2.24, 2.45) is 0 Å². The molecule has 110 valence electrons. The van der Waals surface area contributed by atoms with Crippen LogP contribution in [0.25, 0.3) is 0 Å². The molecule has 1 aromatic heterocycles. The molecule has 0 aliphatic rings. The Morgan fingerprint density at radius 3 is 2.24 bits per heavy atom. The van der Waals surface area contributed by atoms with E-state index in [2.05, 4.69) is 37.2 Å². The molecule has 0 saturated carbocycles. The van der Waals surface area contributed by atoms with Crippen LogP contribution in [-0.4, -0.2) is 17.0 Å². The van der Waals surface area contributed by atoms with Gasteiger partial charge >= 0.3 is 5.97 Å². The molecule has 0 aliphatic heterocycles. The van der Waals surface area contributed by atoms with Crippen molar-refractivity contribution in [3.8, 4) is 0 Å². The number of anilines is 1. The molecule has 0 aliphatic carbocycles. The average molecular weight is 441 g/mol. The number of carbonyl (C=O) groups excluding carboxylic acids is 1. The van der Waals surface area contributed by atoms with Crippen molar-refractivity contribution in [3.63, 3.8) is 0 Å². The maximum Gasteiger partial charge on any atom is 0.337 e. The number of rotatable bonds is 3. The molecule has 2 rings (SSSR count). The molecule has 0 radical (unpaired) electrons. The molecule has 1 amide bonds. The summed E-state index contributed by atoms with van der Waals surface area (Å²) in [6.45, 7) is 0. The number of amides is 1. The second-order valence-electron chi connectivity index (χ2n) is 3.81. The minimum absolute atomic E-state index is 0.243. The zero-order chi connectivity index (χ0) is 15.7. The minimum atomic E-state index is -1.48. The first-order valence-electron chi connectivity index (χ1n) is 5.28. The number of hydrogen-bond donors (Lipinski definition) is 2. The molecule has 2 aromatic rings. The van der Waals surface area contributed by atoms with Gasteiger partial charge in [0.1, 0.15) is 0 Å². The molecule has 1 heterocycles. The van der Waals surface area contributed by atoms with Crippen molar-refractivity contribution in [1.29, 1.82) is 0 Å². The van der Waals surface area contributed by atoms with E-state index in [1.165, 1.54) is 17.4 Å². The van der Waals surface area contributed by atoms with E-state index in [1.54, 1.807) is 0 Å². The summed E-state index contributed by atoms with van der Waals surface area (Å²) in [5, 5.41) is 11.2. The Morgan fingerprint density at radius 2 is 1.71 bits per heavy atom. The molecule has 0 spiro atoms. The molecule has 0 unspecified atom stereocenters. The van der Waals surface area contributed by atoms with Crippen LogP contribution in [0.1, 0.15) is 20.7 Å². The molecule has 2 N–H and O–H groups in total. The van der Waals surface area contributed by atoms with Gasteiger partial charge in [-0.2, -0.15) is 0 Å². The smallest absolute Gasteiger partial charge is 0.337 e. The van der Waals surface area contributed by atoms with Gasteiger partial charge in [0.25, 0.3) is 5.91 Å². The van der Waals surface area contributed by atoms with Gasteiger partial charge in [0, 0.05) is 6.07 Å². The number of carboxylic acid groups (broad SMARTS) is 1. The van der Waals surface area contributed by atoms with Crippen LogP contribution in [0.4, 0.5) is 14.5 Å². The third-order valence-electron chi connectivity index (χ3n) is 2.44. The lowest BCUT2D eigenvalue weighted by atomic mass is 10.1. The third kappa shape index (κ3) is 3.47. The summed E-state index contributed by atoms with van der Waals surface area (Å²) in [6, 6.07) is 2.67. The van der Waals surface area contributed by atoms with Crippen LogP contribution in [0, 0.1) is 11.6 Å². The lowest BCUT2D eigenvalue weighted by molar-refractivity contribution is 0.0697. The van der Waals surface area contributed by atoms with Crippen LogP contribution >= 0.6 is 43.2 Å². The van der Waals surface area contributed by atoms with E-state index < -0.39 is 29.1 Å². The van der Waals surface area contributed by atoms with Gasteiger partial charge in [-0.1, -0.05) is 0 Å². The molecule has 9 heteroatoms. The number of thiophene rings is 1. The van der Waals surface area contributed by atoms with Crippen LogP contribution < -0.4 is 5.32 Å². The Labute approximate surface area is 138 Å². The van der Waals surface area contributed by atoms with Gasteiger partial charge < -0.3 is 10.4 Å². The average Bonchev–Trinajstić information content (AvgIpc) is 2.72. The van der Waals surface area contributed by atoms with E-state index in [4.69, 9.17) is 5.11 Å². The van der Waals surface area contributed by atoms with Crippen LogP contribution in [0.5, 0.6) is 0 Å². The molecule has 0 atom stereocenters. The monoisotopic (exact) mass is 439 g/mol. The lowest BCUT2D eigenvalue weighted by Crippen LogP contribution is -2.15. The molecule has 0 bridgehead atoms. The maximum absolute atomic E-state index is 13.2. The Kier molecular flexibility index (Phi) is 4.74. The Morgan fingerprint density at radius 1 is 1.10 bits per heavy atom. The molecular formula is C12H5Br2F2NO3S. The Bertz CT molecular complexity index is 748. The second-order valence-corrected chi connectivity index (χ2v) is 7.56. The van der Waals surface area contributed by atoms with Crippen molar-refractivity contribution in [2.75, 3.05) is 5.32 Å². The topological polar surface area (TPSA) is 66.4 Å². The predicted octanol–water partition coefficient (Wildman–Crippen LogP) is 4.50. The van der Waals surface area contributed by atoms with E-state index >= 15 is 0 Å². The van der Waals surface area contributed by atoms with E-state index in [-0.39, 0.29) is 11.3 Å². The Balaban J connectivity index is 2.39. The minimum Gasteiger partial charge on any atom is -0.478 e. The molecule has 0 saturated heterocycles. The largest absolute Gasteiger partial charge is 0.478 e. The van der Waals surface area contributed by atoms with Gasteiger partial charge in [0.2, 0.25) is 0 Å². The maximum atomic E-state index is 13.2. The van der Waals surface area contributed by atoms with Crippen molar-refractivity contribution < 1.29 is 23.5 Å². The van der Waals surface area contributed by atoms with Crippen molar-refractivity contribution >= 4 is 60.8 Å². The fourth-order valence-corrected chi connectivity index (χ4v) is 4.31. The van der Waals surface area contributed by atoms with Gasteiger partial charge in [-0.3, -0.25) is 4.79 Å². The molecule has 21 heavy (non-hydrogen) atoms. The quantitative estimate of drug-likeness (QED) is 0.738. The van der Waals surface area contributed by atoms with Gasteiger partial charge in [-0.15, -0.1) is 11.3 Å². The SMILES string of the molecule is O=C(O)c1cc(F)c(F)cc1NC(=O)c1cc(Br)sc1Br. The highest BCUT2D eigenvalue weighted by molar-refractivity contribution is 9.12. The van der Waals surface area contributed by atoms with E-state index in [0.29, 0.717) is 19.7 Å². The lowest BCUT2D eigenvalue weighted by Gasteiger charge is -2.08. The van der Waals surface area contributed by atoms with Gasteiger partial charge in [0.15, 0.2) is 11.6 Å². The van der Waals surface area contributed by atoms with E-state index in [9.17, 15) is 18.4 Å². The number of carboxylic acids is 1. The van der Waals surface area contributed by atoms with Gasteiger partial charge in [0.05, 0.1) is 24.4 Å². The fraction of sp³-hybridized carbons (Fsp3) is 0. The van der Waals surface area contributed by atoms with Crippen LogP contribution in [0.15, 0.2) is 25.8 Å². The summed E-state index contributed by atoms with van der Waals surface area (Å²) in [5.41, 5.74) is -0.610. The number of hydrogen-bond acceptors (Lipinski definition) is 3. The molecule has 1 aromatic carbocycles. The summed E-state index contributed by atoms with van der Waals surface area (Å²) in [6.07, 6.45) is 0. The first kappa shape index (κ1) is 16.1. The number of aromatic carboxylic acids is 1. The summed E-state index contributed by atoms with van der Waals surface area (Å²) in [5.74, 6) is -4.67. The van der Waals surface area contributed by atoms with Crippen molar-refractivity contribution in [2.45, 2.75) is 0 Å². The number of halogens is 4. The van der Waals surface area contributed by atoms with Crippen molar-refractivity contribution in [1.82, 2.24) is 0 Å². The third-order valence-corrected chi connectivity index (χ3v) is 4.78. The second kappa shape index (κ2) is 6.20. The van der Waals surface area contributed by atoms with Gasteiger partial charge in [-0.25, -0.2) is 13.6 Å². The van der Waals surface area contributed by atoms with Crippen molar-refractivity contribution in [3.05, 3.63) is 48.5 Å². The summed E-state index contributed by atoms with van der Waals surface area (Å²) in [4.78, 5) is 23.1. The highest BCUT2D eigenvalue weighted by Gasteiger charge is 2.19. The predicted molar refractivity (Wildman–Crippen MR) is 81.0 cm³/mol. The first-order valence-corrected chi connectivity index (χ1v) is 7.68. The van der Waals surface area contributed by atoms with Crippen LogP contribution in [-0.2, 0) is 0 Å². The van der Waals surface area contributed by atoms with E-state index in [1.807, 2.05) is 0 Å². The fourth-order valence-electron chi connectivity index (χ4n) is 1.51. The number of benzene rings is 1. The standard InChI is InChI=1S/C12H5Br2F2NO3S/c13-9-2-5(10(14)21-9)11(18)17-8-3-7(16)6(15)1-4(8)12(19)20/h1-3H,(H,17,18)(H,19,20). The molecule has 0 fully saturated rings. The zero-order valence-electron chi connectivity index (χ0n) is 9.92. The van der Waals surface area contributed by atoms with E-state index in [0.717, 1.165) is 0 Å². The first-order chi connectivity index (χ1) is 9.79. The number of carbonyl (C=O) groups is 2. The summed E-state index contributed by atoms with van der Waals surface area (Å²) in [7, 11) is 0. The van der Waals surface area contributed by atoms with Crippen LogP contribution in [0.2, 0.25) is 0 Å².